The molecule has 0 aromatic heterocycles. The molecule has 0 saturated carbocycles. The Bertz CT molecular complexity index is 472. The first kappa shape index (κ1) is 21.2. The molecule has 0 amide bonds. The summed E-state index contributed by atoms with van der Waals surface area (Å²) in [6, 6.07) is 8.46. The first-order valence-electron chi connectivity index (χ1n) is 8.55. The van der Waals surface area contributed by atoms with E-state index in [9.17, 15) is 0 Å². The summed E-state index contributed by atoms with van der Waals surface area (Å²) in [4.78, 5) is 6.81. The van der Waals surface area contributed by atoms with Crippen molar-refractivity contribution in [1.29, 1.82) is 0 Å². The molecule has 1 aromatic carbocycles. The number of piperidine rings is 1. The molecule has 1 aliphatic heterocycles. The Hall–Kier alpha value is -0.860. The quantitative estimate of drug-likeness (QED) is 0.384. The molecule has 0 unspecified atom stereocenters. The largest absolute Gasteiger partial charge is 0.380 e. The Morgan fingerprint density at radius 1 is 1.08 bits per heavy atom. The first-order chi connectivity index (χ1) is 11.3. The summed E-state index contributed by atoms with van der Waals surface area (Å²) in [5, 5.41) is 6.76. The maximum absolute atomic E-state index is 5.13. The van der Waals surface area contributed by atoms with E-state index in [1.54, 1.807) is 7.11 Å². The van der Waals surface area contributed by atoms with Crippen molar-refractivity contribution in [3.63, 3.8) is 0 Å². The molecule has 5 nitrogen and oxygen atoms in total. The van der Waals surface area contributed by atoms with E-state index >= 15 is 0 Å². The number of benzene rings is 1. The maximum atomic E-state index is 5.13. The predicted molar refractivity (Wildman–Crippen MR) is 111 cm³/mol. The second kappa shape index (κ2) is 12.5. The van der Waals surface area contributed by atoms with Crippen LogP contribution in [0.5, 0.6) is 0 Å². The summed E-state index contributed by atoms with van der Waals surface area (Å²) in [7, 11) is 3.53. The number of hydrogen-bond donors (Lipinski definition) is 2. The minimum absolute atomic E-state index is 0. The van der Waals surface area contributed by atoms with Crippen molar-refractivity contribution in [2.45, 2.75) is 32.4 Å². The fraction of sp³-hybridized carbons (Fsp3) is 0.611. The van der Waals surface area contributed by atoms with Gasteiger partial charge in [-0.3, -0.25) is 4.99 Å². The van der Waals surface area contributed by atoms with Gasteiger partial charge in [0.2, 0.25) is 0 Å². The maximum Gasteiger partial charge on any atom is 0.191 e. The lowest BCUT2D eigenvalue weighted by atomic mass is 10.1. The van der Waals surface area contributed by atoms with Crippen molar-refractivity contribution in [2.24, 2.45) is 4.99 Å². The molecule has 24 heavy (non-hydrogen) atoms. The summed E-state index contributed by atoms with van der Waals surface area (Å²) in [5.41, 5.74) is 2.43. The van der Waals surface area contributed by atoms with E-state index in [2.05, 4.69) is 44.8 Å². The second-order valence-electron chi connectivity index (χ2n) is 6.00. The van der Waals surface area contributed by atoms with Gasteiger partial charge in [-0.25, -0.2) is 0 Å². The highest BCUT2D eigenvalue weighted by Gasteiger charge is 2.09. The van der Waals surface area contributed by atoms with E-state index in [0.29, 0.717) is 6.61 Å². The van der Waals surface area contributed by atoms with E-state index in [4.69, 9.17) is 4.74 Å². The van der Waals surface area contributed by atoms with Crippen LogP contribution in [-0.2, 0) is 17.9 Å². The molecule has 1 fully saturated rings. The Morgan fingerprint density at radius 2 is 1.75 bits per heavy atom. The predicted octanol–water partition coefficient (Wildman–Crippen LogP) is 2.60. The molecule has 1 saturated heterocycles. The summed E-state index contributed by atoms with van der Waals surface area (Å²) >= 11 is 0. The summed E-state index contributed by atoms with van der Waals surface area (Å²) in [6.45, 7) is 5.94. The summed E-state index contributed by atoms with van der Waals surface area (Å²) < 4.78 is 5.13. The first-order valence-corrected chi connectivity index (χ1v) is 8.55. The molecule has 0 spiro atoms. The number of aliphatic imine (C=N–C) groups is 1. The average molecular weight is 446 g/mol. The van der Waals surface area contributed by atoms with Crippen LogP contribution >= 0.6 is 24.0 Å². The third-order valence-electron chi connectivity index (χ3n) is 4.19. The normalized spacial score (nSPS) is 15.7. The molecule has 1 heterocycles. The molecule has 0 radical (unpaired) electrons. The third-order valence-corrected chi connectivity index (χ3v) is 4.19. The second-order valence-corrected chi connectivity index (χ2v) is 6.00. The zero-order valence-corrected chi connectivity index (χ0v) is 17.2. The van der Waals surface area contributed by atoms with Gasteiger partial charge in [0.05, 0.1) is 6.61 Å². The van der Waals surface area contributed by atoms with Crippen LogP contribution in [0.4, 0.5) is 0 Å². The highest BCUT2D eigenvalue weighted by Crippen LogP contribution is 2.07. The lowest BCUT2D eigenvalue weighted by Gasteiger charge is -2.26. The van der Waals surface area contributed by atoms with Gasteiger partial charge in [0.25, 0.3) is 0 Å². The topological polar surface area (TPSA) is 48.9 Å². The van der Waals surface area contributed by atoms with E-state index in [0.717, 1.165) is 25.6 Å². The fourth-order valence-electron chi connectivity index (χ4n) is 2.84. The highest BCUT2D eigenvalue weighted by atomic mass is 127. The summed E-state index contributed by atoms with van der Waals surface area (Å²) in [5.74, 6) is 0.864. The number of guanidine groups is 1. The van der Waals surface area contributed by atoms with Crippen LogP contribution in [0.15, 0.2) is 29.3 Å². The van der Waals surface area contributed by atoms with Crippen LogP contribution < -0.4 is 10.6 Å². The molecule has 1 aliphatic rings. The van der Waals surface area contributed by atoms with Crippen molar-refractivity contribution >= 4 is 29.9 Å². The zero-order chi connectivity index (χ0) is 16.3. The SMILES string of the molecule is CN=C(NCCN1CCCCC1)NCc1ccc(COC)cc1.I. The van der Waals surface area contributed by atoms with Crippen molar-refractivity contribution in [3.05, 3.63) is 35.4 Å². The van der Waals surface area contributed by atoms with Gasteiger partial charge in [-0.15, -0.1) is 24.0 Å². The smallest absolute Gasteiger partial charge is 0.191 e. The number of nitrogens with one attached hydrogen (secondary N) is 2. The van der Waals surface area contributed by atoms with Crippen molar-refractivity contribution in [2.75, 3.05) is 40.3 Å². The Balaban J connectivity index is 0.00000288. The van der Waals surface area contributed by atoms with Gasteiger partial charge in [-0.05, 0) is 37.1 Å². The molecule has 136 valence electrons. The van der Waals surface area contributed by atoms with E-state index in [1.807, 2.05) is 7.05 Å². The number of methoxy groups -OCH3 is 1. The third kappa shape index (κ3) is 7.81. The van der Waals surface area contributed by atoms with Gasteiger partial charge >= 0.3 is 0 Å². The number of ether oxygens (including phenoxy) is 1. The number of rotatable bonds is 7. The number of likely N-dealkylation sites (tertiary alicyclic amines) is 1. The Morgan fingerprint density at radius 3 is 2.38 bits per heavy atom. The standard InChI is InChI=1S/C18H30N4O.HI/c1-19-18(20-10-13-22-11-4-3-5-12-22)21-14-16-6-8-17(9-7-16)15-23-2;/h6-9H,3-5,10-15H2,1-2H3,(H2,19,20,21);1H. The molecule has 0 bridgehead atoms. The number of halogens is 1. The molecule has 2 rings (SSSR count). The number of nitrogens with zero attached hydrogens (tertiary/aromatic N) is 2. The van der Waals surface area contributed by atoms with Gasteiger partial charge < -0.3 is 20.3 Å². The van der Waals surface area contributed by atoms with Gasteiger partial charge in [0.15, 0.2) is 5.96 Å². The zero-order valence-electron chi connectivity index (χ0n) is 14.9. The average Bonchev–Trinajstić information content (AvgIpc) is 2.60. The minimum atomic E-state index is 0. The van der Waals surface area contributed by atoms with Gasteiger partial charge in [0.1, 0.15) is 0 Å². The van der Waals surface area contributed by atoms with Crippen molar-refractivity contribution < 1.29 is 4.74 Å². The van der Waals surface area contributed by atoms with Gasteiger partial charge in [0, 0.05) is 33.8 Å². The fourth-order valence-corrected chi connectivity index (χ4v) is 2.84. The molecule has 6 heteroatoms. The monoisotopic (exact) mass is 446 g/mol. The van der Waals surface area contributed by atoms with Crippen LogP contribution in [-0.4, -0.2) is 51.2 Å². The highest BCUT2D eigenvalue weighted by molar-refractivity contribution is 14.0. The van der Waals surface area contributed by atoms with Crippen molar-refractivity contribution in [3.8, 4) is 0 Å². The van der Waals surface area contributed by atoms with Gasteiger partial charge in [-0.2, -0.15) is 0 Å². The van der Waals surface area contributed by atoms with Gasteiger partial charge in [-0.1, -0.05) is 30.7 Å². The summed E-state index contributed by atoms with van der Waals surface area (Å²) in [6.07, 6.45) is 4.06. The van der Waals surface area contributed by atoms with Crippen LogP contribution in [0, 0.1) is 0 Å². The van der Waals surface area contributed by atoms with Crippen LogP contribution in [0.3, 0.4) is 0 Å². The molecular weight excluding hydrogens is 415 g/mol. The molecule has 1 aromatic rings. The number of hydrogen-bond acceptors (Lipinski definition) is 3. The Labute approximate surface area is 163 Å². The molecule has 0 atom stereocenters. The molecular formula is C18H31IN4O. The lowest BCUT2D eigenvalue weighted by Crippen LogP contribution is -2.42. The van der Waals surface area contributed by atoms with Crippen LogP contribution in [0.1, 0.15) is 30.4 Å². The molecule has 0 aliphatic carbocycles. The lowest BCUT2D eigenvalue weighted by molar-refractivity contribution is 0.185. The van der Waals surface area contributed by atoms with E-state index in [-0.39, 0.29) is 24.0 Å². The van der Waals surface area contributed by atoms with Crippen LogP contribution in [0.25, 0.3) is 0 Å². The van der Waals surface area contributed by atoms with E-state index < -0.39 is 0 Å². The van der Waals surface area contributed by atoms with Crippen molar-refractivity contribution in [1.82, 2.24) is 15.5 Å². The van der Waals surface area contributed by atoms with E-state index in [1.165, 1.54) is 43.5 Å². The molecule has 2 N–H and O–H groups in total. The van der Waals surface area contributed by atoms with Crippen LogP contribution in [0.2, 0.25) is 0 Å². The Kier molecular flexibility index (Phi) is 11.0. The minimum Gasteiger partial charge on any atom is -0.380 e.